The molecule has 98 valence electrons. The highest BCUT2D eigenvalue weighted by molar-refractivity contribution is 5.67. The van der Waals surface area contributed by atoms with Crippen LogP contribution in [0.15, 0.2) is 0 Å². The van der Waals surface area contributed by atoms with Crippen LogP contribution in [-0.4, -0.2) is 47.8 Å². The summed E-state index contributed by atoms with van der Waals surface area (Å²) < 4.78 is 28.0. The summed E-state index contributed by atoms with van der Waals surface area (Å²) in [7, 11) is 0. The fourth-order valence-corrected chi connectivity index (χ4v) is 1.66. The smallest absolute Gasteiger partial charge is 0.303 e. The van der Waals surface area contributed by atoms with Gasteiger partial charge in [0.1, 0.15) is 0 Å². The number of rotatable bonds is 2. The standard InChI is InChI=1S/C10H15FO6/c1-4-8(16-5(2)12)9(17-6(3)13)7(11)10(14)15-4/h4,7-10,14H,1-3H3. The molecule has 1 fully saturated rings. The summed E-state index contributed by atoms with van der Waals surface area (Å²) in [6, 6.07) is 0. The van der Waals surface area contributed by atoms with Gasteiger partial charge in [0.05, 0.1) is 6.10 Å². The highest BCUT2D eigenvalue weighted by atomic mass is 19.1. The second-order valence-electron chi connectivity index (χ2n) is 3.82. The van der Waals surface area contributed by atoms with E-state index >= 15 is 0 Å². The molecule has 5 atom stereocenters. The number of carbonyl (C=O) groups is 2. The fraction of sp³-hybridized carbons (Fsp3) is 0.800. The molecule has 0 aromatic heterocycles. The molecule has 1 saturated heterocycles. The molecule has 1 rings (SSSR count). The molecule has 1 heterocycles. The molecule has 5 unspecified atom stereocenters. The van der Waals surface area contributed by atoms with Gasteiger partial charge in [-0.25, -0.2) is 4.39 Å². The lowest BCUT2D eigenvalue weighted by Crippen LogP contribution is -2.57. The Bertz CT molecular complexity index is 307. The van der Waals surface area contributed by atoms with Gasteiger partial charge in [0.25, 0.3) is 0 Å². The highest BCUT2D eigenvalue weighted by Crippen LogP contribution is 2.27. The van der Waals surface area contributed by atoms with Gasteiger partial charge in [-0.1, -0.05) is 0 Å². The van der Waals surface area contributed by atoms with Crippen molar-refractivity contribution in [1.29, 1.82) is 0 Å². The molecule has 0 spiro atoms. The Labute approximate surface area is 97.6 Å². The predicted octanol–water partition coefficient (Wildman–Crippen LogP) is -0.0750. The highest BCUT2D eigenvalue weighted by Gasteiger charge is 2.48. The number of esters is 2. The molecular weight excluding hydrogens is 235 g/mol. The van der Waals surface area contributed by atoms with Gasteiger partial charge in [0, 0.05) is 13.8 Å². The molecule has 0 amide bonds. The summed E-state index contributed by atoms with van der Waals surface area (Å²) in [6.07, 6.45) is -6.88. The maximum absolute atomic E-state index is 13.6. The predicted molar refractivity (Wildman–Crippen MR) is 52.6 cm³/mol. The molecule has 0 saturated carbocycles. The number of halogens is 1. The second-order valence-corrected chi connectivity index (χ2v) is 3.82. The molecule has 1 N–H and O–H groups in total. The first-order chi connectivity index (χ1) is 7.82. The number of aliphatic hydroxyl groups excluding tert-OH is 1. The Hall–Kier alpha value is -1.21. The van der Waals surface area contributed by atoms with Crippen LogP contribution in [0.2, 0.25) is 0 Å². The normalized spacial score (nSPS) is 37.4. The number of alkyl halides is 1. The summed E-state index contributed by atoms with van der Waals surface area (Å²) in [5, 5.41) is 9.25. The molecule has 7 heteroatoms. The molecule has 0 aromatic rings. The van der Waals surface area contributed by atoms with E-state index in [0.29, 0.717) is 0 Å². The SMILES string of the molecule is CC(=O)OC1C(C)OC(O)C(F)C1OC(C)=O. The van der Waals surface area contributed by atoms with Gasteiger partial charge < -0.3 is 19.3 Å². The van der Waals surface area contributed by atoms with E-state index in [0.717, 1.165) is 13.8 Å². The van der Waals surface area contributed by atoms with Crippen molar-refractivity contribution in [1.82, 2.24) is 0 Å². The fourth-order valence-electron chi connectivity index (χ4n) is 1.66. The minimum atomic E-state index is -1.96. The molecule has 1 aliphatic rings. The molecular formula is C10H15FO6. The van der Waals surface area contributed by atoms with E-state index in [4.69, 9.17) is 14.2 Å². The van der Waals surface area contributed by atoms with Crippen molar-refractivity contribution in [3.8, 4) is 0 Å². The van der Waals surface area contributed by atoms with Gasteiger partial charge >= 0.3 is 11.9 Å². The third-order valence-electron chi connectivity index (χ3n) is 2.33. The molecule has 1 aliphatic heterocycles. The van der Waals surface area contributed by atoms with Gasteiger partial charge in [0.15, 0.2) is 24.7 Å². The Balaban J connectivity index is 2.86. The summed E-state index contributed by atoms with van der Waals surface area (Å²) in [5.41, 5.74) is 0. The molecule has 0 aliphatic carbocycles. The van der Waals surface area contributed by atoms with Crippen LogP contribution in [0.25, 0.3) is 0 Å². The quantitative estimate of drug-likeness (QED) is 0.690. The minimum Gasteiger partial charge on any atom is -0.456 e. The third kappa shape index (κ3) is 3.37. The van der Waals surface area contributed by atoms with Crippen molar-refractivity contribution in [2.75, 3.05) is 0 Å². The number of aliphatic hydroxyl groups is 1. The lowest BCUT2D eigenvalue weighted by molar-refractivity contribution is -0.269. The van der Waals surface area contributed by atoms with Gasteiger partial charge in [-0.2, -0.15) is 0 Å². The van der Waals surface area contributed by atoms with Crippen molar-refractivity contribution in [3.63, 3.8) is 0 Å². The Kier molecular flexibility index (Phi) is 4.41. The van der Waals surface area contributed by atoms with E-state index in [9.17, 15) is 19.1 Å². The summed E-state index contributed by atoms with van der Waals surface area (Å²) in [6.45, 7) is 3.74. The first-order valence-electron chi connectivity index (χ1n) is 5.15. The maximum atomic E-state index is 13.6. The van der Waals surface area contributed by atoms with E-state index in [1.807, 2.05) is 0 Å². The van der Waals surface area contributed by atoms with Gasteiger partial charge in [0.2, 0.25) is 0 Å². The summed E-state index contributed by atoms with van der Waals surface area (Å²) >= 11 is 0. The van der Waals surface area contributed by atoms with E-state index in [-0.39, 0.29) is 0 Å². The van der Waals surface area contributed by atoms with Crippen molar-refractivity contribution in [2.45, 2.75) is 51.5 Å². The first kappa shape index (κ1) is 13.9. The average Bonchev–Trinajstić information content (AvgIpc) is 2.19. The zero-order valence-electron chi connectivity index (χ0n) is 9.75. The summed E-state index contributed by atoms with van der Waals surface area (Å²) in [4.78, 5) is 21.7. The van der Waals surface area contributed by atoms with Crippen LogP contribution in [0.1, 0.15) is 20.8 Å². The van der Waals surface area contributed by atoms with E-state index < -0.39 is 42.7 Å². The van der Waals surface area contributed by atoms with Crippen LogP contribution >= 0.6 is 0 Å². The largest absolute Gasteiger partial charge is 0.456 e. The summed E-state index contributed by atoms with van der Waals surface area (Å²) in [5.74, 6) is -1.37. The van der Waals surface area contributed by atoms with Crippen molar-refractivity contribution in [2.24, 2.45) is 0 Å². The Morgan fingerprint density at radius 2 is 1.65 bits per heavy atom. The zero-order chi connectivity index (χ0) is 13.2. The minimum absolute atomic E-state index is 0.647. The molecule has 6 nitrogen and oxygen atoms in total. The van der Waals surface area contributed by atoms with E-state index in [1.165, 1.54) is 6.92 Å². The first-order valence-corrected chi connectivity index (χ1v) is 5.15. The van der Waals surface area contributed by atoms with Crippen LogP contribution in [0.5, 0.6) is 0 Å². The van der Waals surface area contributed by atoms with Crippen molar-refractivity contribution in [3.05, 3.63) is 0 Å². The van der Waals surface area contributed by atoms with Gasteiger partial charge in [-0.05, 0) is 6.92 Å². The lowest BCUT2D eigenvalue weighted by Gasteiger charge is -2.39. The molecule has 0 bridgehead atoms. The maximum Gasteiger partial charge on any atom is 0.303 e. The second kappa shape index (κ2) is 5.42. The number of hydrogen-bond donors (Lipinski definition) is 1. The van der Waals surface area contributed by atoms with Crippen molar-refractivity contribution < 1.29 is 33.3 Å². The van der Waals surface area contributed by atoms with Crippen LogP contribution < -0.4 is 0 Å². The van der Waals surface area contributed by atoms with Gasteiger partial charge in [-0.3, -0.25) is 9.59 Å². The zero-order valence-corrected chi connectivity index (χ0v) is 9.75. The molecule has 0 aromatic carbocycles. The monoisotopic (exact) mass is 250 g/mol. The van der Waals surface area contributed by atoms with E-state index in [2.05, 4.69) is 0 Å². The average molecular weight is 250 g/mol. The Morgan fingerprint density at radius 1 is 1.18 bits per heavy atom. The number of ether oxygens (including phenoxy) is 3. The van der Waals surface area contributed by atoms with Crippen LogP contribution in [0.3, 0.4) is 0 Å². The molecule has 17 heavy (non-hydrogen) atoms. The van der Waals surface area contributed by atoms with Crippen molar-refractivity contribution >= 4 is 11.9 Å². The number of carbonyl (C=O) groups excluding carboxylic acids is 2. The lowest BCUT2D eigenvalue weighted by atomic mass is 10.0. The van der Waals surface area contributed by atoms with Crippen LogP contribution in [0, 0.1) is 0 Å². The van der Waals surface area contributed by atoms with E-state index in [1.54, 1.807) is 0 Å². The Morgan fingerprint density at radius 3 is 2.12 bits per heavy atom. The van der Waals surface area contributed by atoms with Crippen LogP contribution in [0.4, 0.5) is 4.39 Å². The van der Waals surface area contributed by atoms with Crippen LogP contribution in [-0.2, 0) is 23.8 Å². The molecule has 0 radical (unpaired) electrons. The topological polar surface area (TPSA) is 82.1 Å². The number of hydrogen-bond acceptors (Lipinski definition) is 6. The van der Waals surface area contributed by atoms with Gasteiger partial charge in [-0.15, -0.1) is 0 Å². The third-order valence-corrected chi connectivity index (χ3v) is 2.33.